The third-order valence-electron chi connectivity index (χ3n) is 4.27. The van der Waals surface area contributed by atoms with Gasteiger partial charge in [-0.2, -0.15) is 0 Å². The number of amides is 2. The highest BCUT2D eigenvalue weighted by Gasteiger charge is 2.22. The van der Waals surface area contributed by atoms with Gasteiger partial charge in [-0.3, -0.25) is 0 Å². The summed E-state index contributed by atoms with van der Waals surface area (Å²) in [6.45, 7) is 3.98. The van der Waals surface area contributed by atoms with Crippen molar-refractivity contribution in [2.75, 3.05) is 36.4 Å². The van der Waals surface area contributed by atoms with Gasteiger partial charge in [-0.15, -0.1) is 0 Å². The zero-order valence-electron chi connectivity index (χ0n) is 13.7. The van der Waals surface area contributed by atoms with E-state index >= 15 is 0 Å². The number of carbonyl (C=O) groups is 1. The number of urea groups is 1. The molecule has 0 aliphatic carbocycles. The standard InChI is InChI=1S/C18H18ClF2N3O/c1-12-10-13(19)2-5-17(12)22-18(25)24-8-6-23(7-9-24)14-3-4-15(20)16(21)11-14/h2-5,10-11H,6-9H2,1H3,(H,22,25). The fraction of sp³-hybridized carbons (Fsp3) is 0.278. The van der Waals surface area contributed by atoms with Crippen LogP contribution in [-0.2, 0) is 0 Å². The maximum atomic E-state index is 13.4. The second-order valence-electron chi connectivity index (χ2n) is 5.96. The lowest BCUT2D eigenvalue weighted by molar-refractivity contribution is 0.208. The monoisotopic (exact) mass is 365 g/mol. The zero-order chi connectivity index (χ0) is 18.0. The maximum Gasteiger partial charge on any atom is 0.321 e. The molecule has 3 rings (SSSR count). The minimum Gasteiger partial charge on any atom is -0.368 e. The third-order valence-corrected chi connectivity index (χ3v) is 4.50. The minimum absolute atomic E-state index is 0.185. The van der Waals surface area contributed by atoms with Crippen LogP contribution >= 0.6 is 11.6 Å². The fourth-order valence-electron chi connectivity index (χ4n) is 2.81. The van der Waals surface area contributed by atoms with Crippen LogP contribution in [0.1, 0.15) is 5.56 Å². The summed E-state index contributed by atoms with van der Waals surface area (Å²) in [4.78, 5) is 16.0. The van der Waals surface area contributed by atoms with Crippen molar-refractivity contribution in [2.45, 2.75) is 6.92 Å². The Hall–Kier alpha value is -2.34. The van der Waals surface area contributed by atoms with E-state index in [9.17, 15) is 13.6 Å². The van der Waals surface area contributed by atoms with E-state index < -0.39 is 11.6 Å². The lowest BCUT2D eigenvalue weighted by Crippen LogP contribution is -2.50. The predicted octanol–water partition coefficient (Wildman–Crippen LogP) is 4.28. The molecule has 0 spiro atoms. The van der Waals surface area contributed by atoms with Crippen molar-refractivity contribution in [1.29, 1.82) is 0 Å². The molecule has 1 saturated heterocycles. The number of nitrogens with zero attached hydrogens (tertiary/aromatic N) is 2. The van der Waals surface area contributed by atoms with E-state index in [0.717, 1.165) is 17.3 Å². The highest BCUT2D eigenvalue weighted by Crippen LogP contribution is 2.22. The molecule has 4 nitrogen and oxygen atoms in total. The molecule has 0 bridgehead atoms. The average molecular weight is 366 g/mol. The van der Waals surface area contributed by atoms with Gasteiger partial charge in [0.15, 0.2) is 11.6 Å². The molecule has 2 aromatic rings. The van der Waals surface area contributed by atoms with Gasteiger partial charge in [-0.25, -0.2) is 13.6 Å². The molecule has 25 heavy (non-hydrogen) atoms. The van der Waals surface area contributed by atoms with Crippen molar-refractivity contribution in [2.24, 2.45) is 0 Å². The van der Waals surface area contributed by atoms with E-state index in [1.807, 2.05) is 11.8 Å². The maximum absolute atomic E-state index is 13.4. The Morgan fingerprint density at radius 3 is 2.40 bits per heavy atom. The second-order valence-corrected chi connectivity index (χ2v) is 6.40. The smallest absolute Gasteiger partial charge is 0.321 e. The van der Waals surface area contributed by atoms with Crippen LogP contribution in [0.5, 0.6) is 0 Å². The summed E-state index contributed by atoms with van der Waals surface area (Å²) in [6.07, 6.45) is 0. The number of nitrogens with one attached hydrogen (secondary N) is 1. The molecular weight excluding hydrogens is 348 g/mol. The van der Waals surface area contributed by atoms with Crippen LogP contribution in [0.25, 0.3) is 0 Å². The first-order chi connectivity index (χ1) is 11.9. The summed E-state index contributed by atoms with van der Waals surface area (Å²) in [6, 6.07) is 8.95. The molecule has 2 amide bonds. The van der Waals surface area contributed by atoms with E-state index in [0.29, 0.717) is 36.9 Å². The van der Waals surface area contributed by atoms with Gasteiger partial charge in [-0.1, -0.05) is 11.6 Å². The third kappa shape index (κ3) is 4.02. The molecule has 0 aromatic heterocycles. The van der Waals surface area contributed by atoms with Crippen LogP contribution < -0.4 is 10.2 Å². The predicted molar refractivity (Wildman–Crippen MR) is 95.4 cm³/mol. The van der Waals surface area contributed by atoms with Crippen molar-refractivity contribution in [1.82, 2.24) is 4.90 Å². The van der Waals surface area contributed by atoms with Crippen LogP contribution in [0.15, 0.2) is 36.4 Å². The normalized spacial score (nSPS) is 14.6. The Balaban J connectivity index is 1.59. The fourth-order valence-corrected chi connectivity index (χ4v) is 3.04. The van der Waals surface area contributed by atoms with Crippen LogP contribution in [0.3, 0.4) is 0 Å². The number of aryl methyl sites for hydroxylation is 1. The number of halogens is 3. The summed E-state index contributed by atoms with van der Waals surface area (Å²) >= 11 is 5.92. The van der Waals surface area contributed by atoms with Crippen molar-refractivity contribution >= 4 is 29.0 Å². The molecule has 1 N–H and O–H groups in total. The molecule has 1 fully saturated rings. The van der Waals surface area contributed by atoms with Crippen LogP contribution in [0, 0.1) is 18.6 Å². The zero-order valence-corrected chi connectivity index (χ0v) is 14.5. The van der Waals surface area contributed by atoms with E-state index in [2.05, 4.69) is 5.32 Å². The molecule has 2 aromatic carbocycles. The second kappa shape index (κ2) is 7.27. The van der Waals surface area contributed by atoms with Gasteiger partial charge in [0, 0.05) is 48.6 Å². The number of rotatable bonds is 2. The SMILES string of the molecule is Cc1cc(Cl)ccc1NC(=O)N1CCN(c2ccc(F)c(F)c2)CC1. The Bertz CT molecular complexity index is 792. The molecule has 0 unspecified atom stereocenters. The number of hydrogen-bond donors (Lipinski definition) is 1. The minimum atomic E-state index is -0.865. The molecule has 1 aliphatic rings. The summed E-state index contributed by atoms with van der Waals surface area (Å²) in [5.41, 5.74) is 2.23. The number of piperazine rings is 1. The van der Waals surface area contributed by atoms with Crippen LogP contribution in [0.4, 0.5) is 25.0 Å². The molecule has 1 aliphatic heterocycles. The highest BCUT2D eigenvalue weighted by molar-refractivity contribution is 6.30. The van der Waals surface area contributed by atoms with Crippen LogP contribution in [-0.4, -0.2) is 37.1 Å². The lowest BCUT2D eigenvalue weighted by atomic mass is 10.2. The van der Waals surface area contributed by atoms with Gasteiger partial charge in [0.2, 0.25) is 0 Å². The summed E-state index contributed by atoms with van der Waals surface area (Å²) in [7, 11) is 0. The van der Waals surface area contributed by atoms with E-state index in [4.69, 9.17) is 11.6 Å². The average Bonchev–Trinajstić information content (AvgIpc) is 2.60. The Morgan fingerprint density at radius 1 is 1.04 bits per heavy atom. The number of anilines is 2. The highest BCUT2D eigenvalue weighted by atomic mass is 35.5. The summed E-state index contributed by atoms with van der Waals surface area (Å²) in [5.74, 6) is -1.73. The quantitative estimate of drug-likeness (QED) is 0.862. The Kier molecular flexibility index (Phi) is 5.08. The largest absolute Gasteiger partial charge is 0.368 e. The number of carbonyl (C=O) groups excluding carboxylic acids is 1. The molecule has 0 atom stereocenters. The first kappa shape index (κ1) is 17.5. The first-order valence-electron chi connectivity index (χ1n) is 7.96. The molecule has 7 heteroatoms. The molecular formula is C18H18ClF2N3O. The van der Waals surface area contributed by atoms with Crippen molar-refractivity contribution in [3.8, 4) is 0 Å². The molecule has 1 heterocycles. The Labute approximate surface area is 150 Å². The Morgan fingerprint density at radius 2 is 1.76 bits per heavy atom. The topological polar surface area (TPSA) is 35.6 Å². The van der Waals surface area contributed by atoms with Gasteiger partial charge in [-0.05, 0) is 42.8 Å². The molecule has 0 radical (unpaired) electrons. The van der Waals surface area contributed by atoms with Crippen molar-refractivity contribution < 1.29 is 13.6 Å². The van der Waals surface area contributed by atoms with E-state index in [-0.39, 0.29) is 6.03 Å². The van der Waals surface area contributed by atoms with Gasteiger partial charge < -0.3 is 15.1 Å². The number of benzene rings is 2. The van der Waals surface area contributed by atoms with Gasteiger partial charge in [0.25, 0.3) is 0 Å². The summed E-state index contributed by atoms with van der Waals surface area (Å²) in [5, 5.41) is 3.50. The lowest BCUT2D eigenvalue weighted by Gasteiger charge is -2.36. The van der Waals surface area contributed by atoms with Crippen LogP contribution in [0.2, 0.25) is 5.02 Å². The van der Waals surface area contributed by atoms with Gasteiger partial charge in [0.05, 0.1) is 0 Å². The van der Waals surface area contributed by atoms with Gasteiger partial charge >= 0.3 is 6.03 Å². The first-order valence-corrected chi connectivity index (χ1v) is 8.34. The van der Waals surface area contributed by atoms with Crippen molar-refractivity contribution in [3.63, 3.8) is 0 Å². The van der Waals surface area contributed by atoms with Gasteiger partial charge in [0.1, 0.15) is 0 Å². The molecule has 0 saturated carbocycles. The number of hydrogen-bond acceptors (Lipinski definition) is 2. The van der Waals surface area contributed by atoms with E-state index in [1.54, 1.807) is 29.2 Å². The molecule has 132 valence electrons. The summed E-state index contributed by atoms with van der Waals surface area (Å²) < 4.78 is 26.4. The van der Waals surface area contributed by atoms with E-state index in [1.165, 1.54) is 6.07 Å². The van der Waals surface area contributed by atoms with Crippen molar-refractivity contribution in [3.05, 3.63) is 58.6 Å².